The number of carboxylic acids is 1. The Morgan fingerprint density at radius 2 is 1.83 bits per heavy atom. The van der Waals surface area contributed by atoms with Gasteiger partial charge < -0.3 is 5.11 Å². The second-order valence-electron chi connectivity index (χ2n) is 3.52. The van der Waals surface area contributed by atoms with E-state index in [9.17, 15) is 9.90 Å². The fourth-order valence-corrected chi connectivity index (χ4v) is 1.51. The third-order valence-electron chi connectivity index (χ3n) is 2.31. The van der Waals surface area contributed by atoms with Crippen molar-refractivity contribution in [3.8, 4) is 0 Å². The van der Waals surface area contributed by atoms with E-state index in [-0.39, 0.29) is 18.0 Å². The Bertz CT molecular complexity index is 538. The molecule has 0 atom stereocenters. The first-order valence-electron chi connectivity index (χ1n) is 5.18. The molecule has 0 unspecified atom stereocenters. The molecule has 0 spiro atoms. The second kappa shape index (κ2) is 6.57. The van der Waals surface area contributed by atoms with Gasteiger partial charge in [-0.05, 0) is 23.3 Å². The van der Waals surface area contributed by atoms with Gasteiger partial charge in [-0.3, -0.25) is 4.98 Å². The van der Waals surface area contributed by atoms with Crippen LogP contribution < -0.4 is 0 Å². The Labute approximate surface area is 111 Å². The first kappa shape index (κ1) is 13.9. The molecule has 2 aromatic rings. The predicted octanol–water partition coefficient (Wildman–Crippen LogP) is 3.13. The summed E-state index contributed by atoms with van der Waals surface area (Å²) < 4.78 is 0. The number of nitrogens with zero attached hydrogens (tertiary/aromatic N) is 1. The third kappa shape index (κ3) is 3.43. The molecule has 4 heteroatoms. The molecule has 0 saturated carbocycles. The molecule has 0 aliphatic carbocycles. The van der Waals surface area contributed by atoms with Gasteiger partial charge in [-0.1, -0.05) is 36.4 Å². The number of hydrogen-bond acceptors (Lipinski definition) is 2. The monoisotopic (exact) mass is 261 g/mol. The highest BCUT2D eigenvalue weighted by Gasteiger charge is 2.09. The van der Waals surface area contributed by atoms with E-state index in [0.717, 1.165) is 5.56 Å². The van der Waals surface area contributed by atoms with Crippen molar-refractivity contribution in [2.45, 2.75) is 0 Å². The molecule has 1 heterocycles. The lowest BCUT2D eigenvalue weighted by Crippen LogP contribution is -1.99. The number of halogens is 1. The predicted molar refractivity (Wildman–Crippen MR) is 73.4 cm³/mol. The molecule has 1 aromatic heterocycles. The summed E-state index contributed by atoms with van der Waals surface area (Å²) in [6, 6.07) is 12.6. The molecule has 0 fully saturated rings. The van der Waals surface area contributed by atoms with Crippen molar-refractivity contribution >= 4 is 30.0 Å². The summed E-state index contributed by atoms with van der Waals surface area (Å²) in [7, 11) is 0. The van der Waals surface area contributed by atoms with Crippen LogP contribution in [0, 0.1) is 0 Å². The molecule has 1 aromatic carbocycles. The summed E-state index contributed by atoms with van der Waals surface area (Å²) >= 11 is 0. The number of hydrogen-bond donors (Lipinski definition) is 1. The number of carbonyl (C=O) groups is 1. The first-order chi connectivity index (χ1) is 8.27. The highest BCUT2D eigenvalue weighted by atomic mass is 35.5. The average molecular weight is 262 g/mol. The van der Waals surface area contributed by atoms with Crippen LogP contribution >= 0.6 is 12.4 Å². The average Bonchev–Trinajstić information content (AvgIpc) is 2.38. The van der Waals surface area contributed by atoms with Gasteiger partial charge in [-0.2, -0.15) is 0 Å². The molecule has 92 valence electrons. The summed E-state index contributed by atoms with van der Waals surface area (Å²) in [4.78, 5) is 15.2. The molecular formula is C14H12ClNO2. The fraction of sp³-hybridized carbons (Fsp3) is 0. The molecule has 3 nitrogen and oxygen atoms in total. The number of aromatic nitrogens is 1. The van der Waals surface area contributed by atoms with E-state index < -0.39 is 5.97 Å². The van der Waals surface area contributed by atoms with Gasteiger partial charge in [-0.25, -0.2) is 4.79 Å². The van der Waals surface area contributed by atoms with Crippen molar-refractivity contribution in [3.63, 3.8) is 0 Å². The molecule has 0 saturated heterocycles. The van der Waals surface area contributed by atoms with Gasteiger partial charge >= 0.3 is 5.97 Å². The van der Waals surface area contributed by atoms with Crippen molar-refractivity contribution < 1.29 is 9.90 Å². The fourth-order valence-electron chi connectivity index (χ4n) is 1.51. The highest BCUT2D eigenvalue weighted by Crippen LogP contribution is 2.17. The Hall–Kier alpha value is -2.13. The normalized spacial score (nSPS) is 10.6. The van der Waals surface area contributed by atoms with Crippen LogP contribution in [0.5, 0.6) is 0 Å². The summed E-state index contributed by atoms with van der Waals surface area (Å²) in [6.45, 7) is 0. The molecule has 0 aliphatic rings. The van der Waals surface area contributed by atoms with Crippen LogP contribution in [-0.4, -0.2) is 16.1 Å². The number of aliphatic carboxylic acids is 1. The quantitative estimate of drug-likeness (QED) is 0.864. The molecule has 1 N–H and O–H groups in total. The van der Waals surface area contributed by atoms with Crippen LogP contribution in [0.3, 0.4) is 0 Å². The Morgan fingerprint density at radius 3 is 2.39 bits per heavy atom. The van der Waals surface area contributed by atoms with E-state index in [1.165, 1.54) is 0 Å². The Kier molecular flexibility index (Phi) is 5.08. The third-order valence-corrected chi connectivity index (χ3v) is 2.31. The Morgan fingerprint density at radius 1 is 1.11 bits per heavy atom. The lowest BCUT2D eigenvalue weighted by molar-refractivity contribution is -0.130. The molecule has 0 radical (unpaired) electrons. The lowest BCUT2D eigenvalue weighted by Gasteiger charge is -2.02. The van der Waals surface area contributed by atoms with E-state index in [1.807, 2.05) is 24.3 Å². The summed E-state index contributed by atoms with van der Waals surface area (Å²) in [5, 5.41) is 9.20. The van der Waals surface area contributed by atoms with Crippen molar-refractivity contribution in [2.24, 2.45) is 0 Å². The zero-order valence-electron chi connectivity index (χ0n) is 9.48. The smallest absolute Gasteiger partial charge is 0.336 e. The molecule has 2 rings (SSSR count). The van der Waals surface area contributed by atoms with Crippen LogP contribution in [0.1, 0.15) is 11.1 Å². The summed E-state index contributed by atoms with van der Waals surface area (Å²) in [5.41, 5.74) is 1.72. The standard InChI is InChI=1S/C14H11NO2.ClH/c16-14(17)13(12-6-2-1-3-7-12)9-11-5-4-8-15-10-11;/h1-10H,(H,16,17);1H. The number of rotatable bonds is 3. The van der Waals surface area contributed by atoms with Gasteiger partial charge in [0.25, 0.3) is 0 Å². The maximum Gasteiger partial charge on any atom is 0.336 e. The zero-order valence-corrected chi connectivity index (χ0v) is 10.3. The minimum Gasteiger partial charge on any atom is -0.478 e. The van der Waals surface area contributed by atoms with Crippen molar-refractivity contribution in [1.29, 1.82) is 0 Å². The van der Waals surface area contributed by atoms with Gasteiger partial charge in [0.05, 0.1) is 5.57 Å². The molecule has 0 aliphatic heterocycles. The van der Waals surface area contributed by atoms with E-state index in [4.69, 9.17) is 0 Å². The zero-order chi connectivity index (χ0) is 12.1. The SMILES string of the molecule is Cl.O=C(O)C(=Cc1cccnc1)c1ccccc1. The van der Waals surface area contributed by atoms with E-state index in [1.54, 1.807) is 36.7 Å². The molecule has 18 heavy (non-hydrogen) atoms. The topological polar surface area (TPSA) is 50.2 Å². The highest BCUT2D eigenvalue weighted by molar-refractivity contribution is 6.20. The molecule has 0 amide bonds. The van der Waals surface area contributed by atoms with Crippen LogP contribution in [0.15, 0.2) is 54.9 Å². The van der Waals surface area contributed by atoms with E-state index >= 15 is 0 Å². The molecular weight excluding hydrogens is 250 g/mol. The lowest BCUT2D eigenvalue weighted by atomic mass is 10.0. The minimum absolute atomic E-state index is 0. The number of benzene rings is 1. The van der Waals surface area contributed by atoms with Crippen LogP contribution in [0.2, 0.25) is 0 Å². The summed E-state index contributed by atoms with van der Waals surface area (Å²) in [5.74, 6) is -0.944. The van der Waals surface area contributed by atoms with Crippen molar-refractivity contribution in [3.05, 3.63) is 66.0 Å². The Balaban J connectivity index is 0.00000162. The second-order valence-corrected chi connectivity index (χ2v) is 3.52. The van der Waals surface area contributed by atoms with E-state index in [2.05, 4.69) is 4.98 Å². The van der Waals surface area contributed by atoms with Gasteiger partial charge in [-0.15, -0.1) is 12.4 Å². The van der Waals surface area contributed by atoms with Crippen LogP contribution in [-0.2, 0) is 4.79 Å². The van der Waals surface area contributed by atoms with Gasteiger partial charge in [0.15, 0.2) is 0 Å². The van der Waals surface area contributed by atoms with Gasteiger partial charge in [0.2, 0.25) is 0 Å². The largest absolute Gasteiger partial charge is 0.478 e. The number of carboxylic acid groups (broad SMARTS) is 1. The van der Waals surface area contributed by atoms with Gasteiger partial charge in [0, 0.05) is 12.4 Å². The summed E-state index contributed by atoms with van der Waals surface area (Å²) in [6.07, 6.45) is 4.90. The number of pyridine rings is 1. The minimum atomic E-state index is -0.944. The van der Waals surface area contributed by atoms with Gasteiger partial charge in [0.1, 0.15) is 0 Å². The molecule has 0 bridgehead atoms. The first-order valence-corrected chi connectivity index (χ1v) is 5.18. The van der Waals surface area contributed by atoms with E-state index in [0.29, 0.717) is 5.56 Å². The maximum atomic E-state index is 11.2. The van der Waals surface area contributed by atoms with Crippen molar-refractivity contribution in [2.75, 3.05) is 0 Å². The van der Waals surface area contributed by atoms with Crippen LogP contribution in [0.25, 0.3) is 11.6 Å². The van der Waals surface area contributed by atoms with Crippen molar-refractivity contribution in [1.82, 2.24) is 4.98 Å². The van der Waals surface area contributed by atoms with Crippen LogP contribution in [0.4, 0.5) is 0 Å². The maximum absolute atomic E-state index is 11.2.